The Morgan fingerprint density at radius 1 is 1.65 bits per heavy atom. The first-order valence-corrected chi connectivity index (χ1v) is 5.55. The highest BCUT2D eigenvalue weighted by Crippen LogP contribution is 2.28. The normalized spacial score (nSPS) is 11.9. The third-order valence-electron chi connectivity index (χ3n) is 2.12. The zero-order valence-corrected chi connectivity index (χ0v) is 10.5. The van der Waals surface area contributed by atoms with Crippen LogP contribution in [0, 0.1) is 10.1 Å². The van der Waals surface area contributed by atoms with Gasteiger partial charge in [-0.25, -0.2) is 0 Å². The van der Waals surface area contributed by atoms with E-state index in [0.717, 1.165) is 0 Å². The average molecular weight is 304 g/mol. The first-order valence-electron chi connectivity index (χ1n) is 4.64. The van der Waals surface area contributed by atoms with Gasteiger partial charge in [-0.3, -0.25) is 14.9 Å². The lowest BCUT2D eigenvalue weighted by Gasteiger charge is -2.06. The monoisotopic (exact) mass is 303 g/mol. The number of carboxylic acid groups (broad SMARTS) is 1. The Kier molecular flexibility index (Phi) is 4.45. The van der Waals surface area contributed by atoms with Crippen LogP contribution in [0.1, 0.15) is 5.56 Å². The van der Waals surface area contributed by atoms with Crippen molar-refractivity contribution in [1.82, 2.24) is 0 Å². The predicted molar refractivity (Wildman–Crippen MR) is 63.7 cm³/mol. The Labute approximate surface area is 105 Å². The number of carboxylic acids is 1. The molecule has 0 spiro atoms. The van der Waals surface area contributed by atoms with E-state index < -0.39 is 15.7 Å². The van der Waals surface area contributed by atoms with Crippen molar-refractivity contribution in [3.05, 3.63) is 33.9 Å². The maximum Gasteiger partial charge on any atom is 0.317 e. The highest BCUT2D eigenvalue weighted by Gasteiger charge is 2.18. The molecule has 0 amide bonds. The maximum absolute atomic E-state index is 10.8. The number of alkyl halides is 1. The zero-order valence-electron chi connectivity index (χ0n) is 8.92. The lowest BCUT2D eigenvalue weighted by Crippen LogP contribution is -2.15. The van der Waals surface area contributed by atoms with Crippen LogP contribution in [0.25, 0.3) is 0 Å². The molecule has 6 nitrogen and oxygen atoms in total. The third kappa shape index (κ3) is 3.42. The van der Waals surface area contributed by atoms with Crippen molar-refractivity contribution in [1.29, 1.82) is 0 Å². The van der Waals surface area contributed by atoms with Crippen LogP contribution in [0.2, 0.25) is 0 Å². The minimum Gasteiger partial charge on any atom is -0.490 e. The molecule has 0 radical (unpaired) electrons. The fraction of sp³-hybridized carbons (Fsp3) is 0.300. The van der Waals surface area contributed by atoms with E-state index in [2.05, 4.69) is 15.9 Å². The first kappa shape index (κ1) is 13.4. The summed E-state index contributed by atoms with van der Waals surface area (Å²) in [6.45, 7) is 0. The topological polar surface area (TPSA) is 89.7 Å². The van der Waals surface area contributed by atoms with Crippen LogP contribution in [0.4, 0.5) is 5.69 Å². The van der Waals surface area contributed by atoms with Crippen molar-refractivity contribution < 1.29 is 19.6 Å². The Hall–Kier alpha value is -1.63. The summed E-state index contributed by atoms with van der Waals surface area (Å²) in [6, 6.07) is 4.37. The molecule has 1 aromatic carbocycles. The van der Waals surface area contributed by atoms with Gasteiger partial charge in [0.15, 0.2) is 5.75 Å². The third-order valence-corrected chi connectivity index (χ3v) is 2.84. The quantitative estimate of drug-likeness (QED) is 0.510. The summed E-state index contributed by atoms with van der Waals surface area (Å²) in [5.74, 6) is -0.858. The zero-order chi connectivity index (χ0) is 13.0. The first-order chi connectivity index (χ1) is 7.95. The van der Waals surface area contributed by atoms with E-state index in [0.29, 0.717) is 5.56 Å². The molecule has 0 fully saturated rings. The molecule has 1 N–H and O–H groups in total. The SMILES string of the molecule is COc1ccc(CC(Br)C(=O)O)cc1[N+](=O)[O-]. The number of methoxy groups -OCH3 is 1. The summed E-state index contributed by atoms with van der Waals surface area (Å²) in [4.78, 5) is 20.1. The van der Waals surface area contributed by atoms with Crippen LogP contribution in [0.5, 0.6) is 5.75 Å². The number of benzene rings is 1. The van der Waals surface area contributed by atoms with Crippen LogP contribution in [0.15, 0.2) is 18.2 Å². The number of hydrogen-bond acceptors (Lipinski definition) is 4. The Balaban J connectivity index is 3.00. The van der Waals surface area contributed by atoms with Crippen molar-refractivity contribution in [3.63, 3.8) is 0 Å². The van der Waals surface area contributed by atoms with Crippen LogP contribution < -0.4 is 4.74 Å². The van der Waals surface area contributed by atoms with Gasteiger partial charge in [0.05, 0.1) is 12.0 Å². The highest BCUT2D eigenvalue weighted by atomic mass is 79.9. The van der Waals surface area contributed by atoms with E-state index in [-0.39, 0.29) is 17.9 Å². The van der Waals surface area contributed by atoms with E-state index >= 15 is 0 Å². The molecular weight excluding hydrogens is 294 g/mol. The molecule has 1 unspecified atom stereocenters. The molecule has 1 rings (SSSR count). The van der Waals surface area contributed by atoms with Gasteiger partial charge in [-0.1, -0.05) is 22.0 Å². The smallest absolute Gasteiger partial charge is 0.317 e. The second-order valence-electron chi connectivity index (χ2n) is 3.27. The van der Waals surface area contributed by atoms with E-state index in [9.17, 15) is 14.9 Å². The van der Waals surface area contributed by atoms with E-state index in [4.69, 9.17) is 9.84 Å². The van der Waals surface area contributed by atoms with Crippen molar-refractivity contribution >= 4 is 27.6 Å². The van der Waals surface area contributed by atoms with Crippen molar-refractivity contribution in [2.45, 2.75) is 11.2 Å². The minimum absolute atomic E-state index is 0.153. The van der Waals surface area contributed by atoms with E-state index in [1.54, 1.807) is 6.07 Å². The van der Waals surface area contributed by atoms with E-state index in [1.165, 1.54) is 19.2 Å². The van der Waals surface area contributed by atoms with Gasteiger partial charge < -0.3 is 9.84 Å². The number of rotatable bonds is 5. The van der Waals surface area contributed by atoms with Gasteiger partial charge in [0.2, 0.25) is 0 Å². The minimum atomic E-state index is -1.01. The molecule has 0 aliphatic heterocycles. The summed E-state index contributed by atoms with van der Waals surface area (Å²) in [6.07, 6.45) is 0.167. The standard InChI is InChI=1S/C10H10BrNO5/c1-17-9-3-2-6(4-7(11)10(13)14)5-8(9)12(15)16/h2-3,5,7H,4H2,1H3,(H,13,14). The summed E-state index contributed by atoms with van der Waals surface area (Å²) in [5.41, 5.74) is 0.386. The van der Waals surface area contributed by atoms with Gasteiger partial charge in [0.25, 0.3) is 0 Å². The Morgan fingerprint density at radius 2 is 2.29 bits per heavy atom. The van der Waals surface area contributed by atoms with Gasteiger partial charge in [-0.2, -0.15) is 0 Å². The number of hydrogen-bond donors (Lipinski definition) is 1. The molecule has 7 heteroatoms. The molecule has 0 saturated heterocycles. The van der Waals surface area contributed by atoms with Crippen molar-refractivity contribution in [2.24, 2.45) is 0 Å². The van der Waals surface area contributed by atoms with Crippen LogP contribution in [0.3, 0.4) is 0 Å². The number of aliphatic carboxylic acids is 1. The van der Waals surface area contributed by atoms with Crippen LogP contribution in [-0.2, 0) is 11.2 Å². The largest absolute Gasteiger partial charge is 0.490 e. The summed E-state index contributed by atoms with van der Waals surface area (Å²) in [7, 11) is 1.34. The highest BCUT2D eigenvalue weighted by molar-refractivity contribution is 9.10. The Morgan fingerprint density at radius 3 is 2.76 bits per heavy atom. The maximum atomic E-state index is 10.8. The number of carbonyl (C=O) groups is 1. The lowest BCUT2D eigenvalue weighted by molar-refractivity contribution is -0.385. The van der Waals surface area contributed by atoms with Gasteiger partial charge in [0.1, 0.15) is 4.83 Å². The number of nitro groups is 1. The predicted octanol–water partition coefficient (Wildman–Crippen LogP) is 1.99. The second kappa shape index (κ2) is 5.62. The molecule has 0 bridgehead atoms. The summed E-state index contributed by atoms with van der Waals surface area (Å²) >= 11 is 2.98. The molecule has 92 valence electrons. The molecule has 0 aromatic heterocycles. The lowest BCUT2D eigenvalue weighted by atomic mass is 10.1. The van der Waals surface area contributed by atoms with E-state index in [1.807, 2.05) is 0 Å². The molecule has 0 aliphatic rings. The van der Waals surface area contributed by atoms with Crippen LogP contribution >= 0.6 is 15.9 Å². The van der Waals surface area contributed by atoms with Crippen molar-refractivity contribution in [2.75, 3.05) is 7.11 Å². The fourth-order valence-electron chi connectivity index (χ4n) is 1.30. The van der Waals surface area contributed by atoms with Crippen LogP contribution in [-0.4, -0.2) is 27.9 Å². The van der Waals surface area contributed by atoms with Gasteiger partial charge in [-0.15, -0.1) is 0 Å². The summed E-state index contributed by atoms with van der Waals surface area (Å²) < 4.78 is 4.84. The molecule has 0 aliphatic carbocycles. The molecule has 0 heterocycles. The number of halogens is 1. The van der Waals surface area contributed by atoms with Gasteiger partial charge >= 0.3 is 11.7 Å². The van der Waals surface area contributed by atoms with Gasteiger partial charge in [-0.05, 0) is 18.1 Å². The van der Waals surface area contributed by atoms with Gasteiger partial charge in [0, 0.05) is 6.07 Å². The second-order valence-corrected chi connectivity index (χ2v) is 4.38. The molecule has 17 heavy (non-hydrogen) atoms. The number of ether oxygens (including phenoxy) is 1. The molecule has 0 saturated carbocycles. The number of nitrogens with zero attached hydrogens (tertiary/aromatic N) is 1. The van der Waals surface area contributed by atoms with Crippen molar-refractivity contribution in [3.8, 4) is 5.75 Å². The molecule has 1 aromatic rings. The molecular formula is C10H10BrNO5. The number of nitro benzene ring substituents is 1. The average Bonchev–Trinajstić information content (AvgIpc) is 2.28. The fourth-order valence-corrected chi connectivity index (χ4v) is 1.67. The Bertz CT molecular complexity index is 448. The molecule has 1 atom stereocenters. The summed E-state index contributed by atoms with van der Waals surface area (Å²) in [5, 5.41) is 19.5.